The first kappa shape index (κ1) is 29.7. The predicted molar refractivity (Wildman–Crippen MR) is 189 cm³/mol. The highest BCUT2D eigenvalue weighted by Crippen LogP contribution is 2.40. The molecule has 0 fully saturated rings. The number of nitro groups is 1. The first-order chi connectivity index (χ1) is 23.2. The summed E-state index contributed by atoms with van der Waals surface area (Å²) in [4.78, 5) is 33.8. The van der Waals surface area contributed by atoms with Crippen LogP contribution in [0.2, 0.25) is 0 Å². The zero-order valence-electron chi connectivity index (χ0n) is 25.6. The van der Waals surface area contributed by atoms with Crippen LogP contribution >= 0.6 is 0 Å². The average Bonchev–Trinajstić information content (AvgIpc) is 3.75. The van der Waals surface area contributed by atoms with Gasteiger partial charge in [-0.3, -0.25) is 20.1 Å². The molecule has 0 saturated carbocycles. The van der Waals surface area contributed by atoms with Crippen LogP contribution in [0.1, 0.15) is 6.92 Å². The molecule has 0 spiro atoms. The Bertz CT molecular complexity index is 2520. The van der Waals surface area contributed by atoms with E-state index in [9.17, 15) is 10.1 Å². The van der Waals surface area contributed by atoms with Crippen LogP contribution in [0.25, 0.3) is 65.9 Å². The highest BCUT2D eigenvalue weighted by molar-refractivity contribution is 6.16. The van der Waals surface area contributed by atoms with Crippen molar-refractivity contribution in [2.24, 2.45) is 0 Å². The summed E-state index contributed by atoms with van der Waals surface area (Å²) in [6.45, 7) is 2.56. The van der Waals surface area contributed by atoms with Gasteiger partial charge < -0.3 is 37.6 Å². The summed E-state index contributed by atoms with van der Waals surface area (Å²) in [5, 5.41) is 14.4. The largest absolute Gasteiger partial charge is 0.493 e. The lowest BCUT2D eigenvalue weighted by Crippen LogP contribution is -2.01. The normalized spacial score (nSPS) is 11.2. The molecule has 4 aromatic heterocycles. The van der Waals surface area contributed by atoms with Crippen molar-refractivity contribution in [1.82, 2.24) is 29.9 Å². The van der Waals surface area contributed by atoms with Gasteiger partial charge in [0.2, 0.25) is 0 Å². The third-order valence-electron chi connectivity index (χ3n) is 7.93. The highest BCUT2D eigenvalue weighted by Gasteiger charge is 2.18. The minimum absolute atomic E-state index is 0.0186. The Morgan fingerprint density at radius 3 is 1.92 bits per heavy atom. The van der Waals surface area contributed by atoms with Crippen LogP contribution in [0, 0.1) is 10.1 Å². The molecule has 0 radical (unpaired) electrons. The van der Waals surface area contributed by atoms with Crippen molar-refractivity contribution < 1.29 is 9.66 Å². The van der Waals surface area contributed by atoms with E-state index >= 15 is 0 Å². The van der Waals surface area contributed by atoms with Crippen molar-refractivity contribution in [1.29, 1.82) is 0 Å². The molecule has 0 aliphatic rings. The number of rotatable bonds is 5. The van der Waals surface area contributed by atoms with Gasteiger partial charge in [0.1, 0.15) is 17.4 Å². The smallest absolute Gasteiger partial charge is 0.270 e. The van der Waals surface area contributed by atoms with Gasteiger partial charge in [-0.05, 0) is 42.8 Å². The molecule has 0 amide bonds. The second-order valence-corrected chi connectivity index (χ2v) is 10.9. The summed E-state index contributed by atoms with van der Waals surface area (Å²) in [6.07, 6.45) is 3.44. The molecule has 0 unspecified atom stereocenters. The number of benzene rings is 4. The first-order valence-corrected chi connectivity index (χ1v) is 14.8. The van der Waals surface area contributed by atoms with E-state index in [1.54, 1.807) is 24.5 Å². The number of para-hydroxylation sites is 1. The number of fused-ring (bicyclic) bond motifs is 6. The van der Waals surface area contributed by atoms with Crippen molar-refractivity contribution in [2.75, 3.05) is 29.5 Å². The fourth-order valence-corrected chi connectivity index (χ4v) is 6.00. The number of nitrogen functional groups attached to an aromatic ring is 4. The highest BCUT2D eigenvalue weighted by atomic mass is 16.6. The summed E-state index contributed by atoms with van der Waals surface area (Å²) >= 11 is 0. The first-order valence-electron chi connectivity index (χ1n) is 14.8. The van der Waals surface area contributed by atoms with Crippen LogP contribution < -0.4 is 27.7 Å². The number of nitrogens with zero attached hydrogens (tertiary/aromatic N) is 5. The van der Waals surface area contributed by atoms with E-state index < -0.39 is 4.92 Å². The number of non-ortho nitro benzene ring substituents is 1. The van der Waals surface area contributed by atoms with Crippen LogP contribution in [0.3, 0.4) is 0 Å². The molecule has 4 heterocycles. The molecule has 0 saturated heterocycles. The molecule has 4 aromatic carbocycles. The van der Waals surface area contributed by atoms with E-state index in [0.29, 0.717) is 34.8 Å². The van der Waals surface area contributed by atoms with Crippen LogP contribution in [-0.4, -0.2) is 41.4 Å². The predicted octanol–water partition coefficient (Wildman–Crippen LogP) is 6.19. The number of nitrogens with one attached hydrogen (secondary N) is 2. The topological polar surface area (TPSA) is 240 Å². The molecular weight excluding hydrogens is 610 g/mol. The summed E-state index contributed by atoms with van der Waals surface area (Å²) < 4.78 is 5.78. The molecule has 48 heavy (non-hydrogen) atoms. The van der Waals surface area contributed by atoms with E-state index in [0.717, 1.165) is 55.0 Å². The van der Waals surface area contributed by atoms with E-state index in [1.165, 1.54) is 12.1 Å². The van der Waals surface area contributed by atoms with Crippen LogP contribution in [0.5, 0.6) is 5.75 Å². The number of ether oxygens (including phenoxy) is 1. The van der Waals surface area contributed by atoms with Gasteiger partial charge in [-0.15, -0.1) is 0 Å². The maximum Gasteiger partial charge on any atom is 0.270 e. The van der Waals surface area contributed by atoms with Crippen molar-refractivity contribution in [3.05, 3.63) is 95.3 Å². The van der Waals surface area contributed by atoms with Gasteiger partial charge in [0.15, 0.2) is 11.9 Å². The fourth-order valence-electron chi connectivity index (χ4n) is 6.00. The van der Waals surface area contributed by atoms with E-state index in [-0.39, 0.29) is 17.6 Å². The molecule has 238 valence electrons. The average molecular weight is 640 g/mol. The molecule has 14 nitrogen and oxygen atoms in total. The molecule has 0 aliphatic heterocycles. The molecule has 8 rings (SSSR count). The monoisotopic (exact) mass is 639 g/mol. The Balaban J connectivity index is 0.000000152. The maximum absolute atomic E-state index is 11.0. The molecule has 10 N–H and O–H groups in total. The number of aromatic amines is 2. The zero-order chi connectivity index (χ0) is 33.5. The Morgan fingerprint density at radius 1 is 0.729 bits per heavy atom. The zero-order valence-corrected chi connectivity index (χ0v) is 25.6. The summed E-state index contributed by atoms with van der Waals surface area (Å²) in [5.74, 6) is 2.00. The maximum atomic E-state index is 11.0. The number of nitro benzene ring substituents is 1. The van der Waals surface area contributed by atoms with E-state index in [2.05, 4.69) is 29.9 Å². The van der Waals surface area contributed by atoms with Gasteiger partial charge >= 0.3 is 0 Å². The van der Waals surface area contributed by atoms with Crippen molar-refractivity contribution in [2.45, 2.75) is 6.92 Å². The fraction of sp³-hybridized carbons (Fsp3) is 0.0588. The van der Waals surface area contributed by atoms with Gasteiger partial charge in [-0.1, -0.05) is 30.3 Å². The summed E-state index contributed by atoms with van der Waals surface area (Å²) in [7, 11) is 0. The van der Waals surface area contributed by atoms with E-state index in [1.807, 2.05) is 55.5 Å². The second-order valence-electron chi connectivity index (χ2n) is 10.9. The minimum atomic E-state index is -0.424. The van der Waals surface area contributed by atoms with Crippen LogP contribution in [-0.2, 0) is 0 Å². The van der Waals surface area contributed by atoms with E-state index in [4.69, 9.17) is 27.7 Å². The Kier molecular flexibility index (Phi) is 7.28. The number of hydrogen-bond acceptors (Lipinski definition) is 11. The Labute approximate surface area is 271 Å². The van der Waals surface area contributed by atoms with Gasteiger partial charge in [0, 0.05) is 62.8 Å². The lowest BCUT2D eigenvalue weighted by atomic mass is 9.99. The van der Waals surface area contributed by atoms with Crippen molar-refractivity contribution in [3.8, 4) is 28.0 Å². The lowest BCUT2D eigenvalue weighted by molar-refractivity contribution is -0.384. The molecular formula is C34H29N11O3. The SMILES string of the molecule is CCOc1ccccc1-c1cc2[nH]c(N)nc(N)c2c2ccnc12.Nc1nc(N)c2c(cc(-c3cccc([N+](=O)[O-])c3)c3nccc32)[nH]1. The summed E-state index contributed by atoms with van der Waals surface area (Å²) in [6, 6.07) is 21.9. The molecule has 0 atom stereocenters. The number of anilines is 4. The number of nitrogens with two attached hydrogens (primary N) is 4. The van der Waals surface area contributed by atoms with Crippen molar-refractivity contribution in [3.63, 3.8) is 0 Å². The second kappa shape index (κ2) is 11.8. The molecule has 8 aromatic rings. The van der Waals surface area contributed by atoms with Gasteiger partial charge in [0.25, 0.3) is 5.69 Å². The summed E-state index contributed by atoms with van der Waals surface area (Å²) in [5.41, 5.74) is 30.2. The van der Waals surface area contributed by atoms with Gasteiger partial charge in [-0.2, -0.15) is 9.97 Å². The Morgan fingerprint density at radius 2 is 1.31 bits per heavy atom. The van der Waals surface area contributed by atoms with Gasteiger partial charge in [0.05, 0.1) is 33.6 Å². The molecule has 14 heteroatoms. The minimum Gasteiger partial charge on any atom is -0.493 e. The standard InChI is InChI=1S/C18H17N5O.C16H12N6O2/c1-2-24-14-6-4-3-5-10(14)12-9-13-15(11-7-8-21-16(11)12)17(19)23-18(20)22-13;17-15-13-10-4-5-19-14(10)11(7-12(13)20-16(18)21-15)8-2-1-3-9(6-8)22(23)24/h3-9H,2,19H2,1H3,(H3,20,22,23);1-7H,17H2,(H3,18,20,21). The number of aromatic nitrogens is 6. The number of hydrogen-bond donors (Lipinski definition) is 6. The lowest BCUT2D eigenvalue weighted by Gasteiger charge is -2.13. The Hall–Kier alpha value is -6.96. The third kappa shape index (κ3) is 5.12. The van der Waals surface area contributed by atoms with Crippen LogP contribution in [0.15, 0.2) is 85.2 Å². The van der Waals surface area contributed by atoms with Crippen LogP contribution in [0.4, 0.5) is 29.2 Å². The molecule has 0 aliphatic carbocycles. The number of H-pyrrole nitrogens is 2. The van der Waals surface area contributed by atoms with Crippen molar-refractivity contribution >= 4 is 72.8 Å². The molecule has 0 bridgehead atoms. The quantitative estimate of drug-likeness (QED) is 0.0915. The third-order valence-corrected chi connectivity index (χ3v) is 7.93. The van der Waals surface area contributed by atoms with Gasteiger partial charge in [-0.25, -0.2) is 0 Å².